The molecule has 0 aromatic carbocycles. The van der Waals surface area contributed by atoms with Crippen LogP contribution in [0.5, 0.6) is 0 Å². The van der Waals surface area contributed by atoms with Gasteiger partial charge in [-0.3, -0.25) is 0 Å². The van der Waals surface area contributed by atoms with Crippen molar-refractivity contribution in [2.24, 2.45) is 0 Å². The van der Waals surface area contributed by atoms with E-state index in [1.165, 1.54) is 7.11 Å². The molecule has 62 valence electrons. The molecule has 0 fully saturated rings. The number of hydrogen-bond donors (Lipinski definition) is 1. The number of carbonyl (C=O) groups excluding carboxylic acids is 1. The Hall–Kier alpha value is -0.770. The Morgan fingerprint density at radius 2 is 1.90 bits per heavy atom. The normalized spacial score (nSPS) is 7.20. The second-order valence-electron chi connectivity index (χ2n) is 1.20. The monoisotopic (exact) mass is 150 g/mol. The van der Waals surface area contributed by atoms with Crippen LogP contribution in [0.25, 0.3) is 0 Å². The maximum Gasteiger partial charge on any atom is 0.507 e. The summed E-state index contributed by atoms with van der Waals surface area (Å²) in [5, 5.41) is 7.57. The van der Waals surface area contributed by atoms with Gasteiger partial charge in [0, 0.05) is 6.61 Å². The Labute approximate surface area is 60.8 Å². The van der Waals surface area contributed by atoms with E-state index < -0.39 is 6.16 Å². The van der Waals surface area contributed by atoms with Gasteiger partial charge in [-0.1, -0.05) is 0 Å². The highest BCUT2D eigenvalue weighted by atomic mass is 16.7. The fourth-order valence-corrected chi connectivity index (χ4v) is 0.177. The maximum absolute atomic E-state index is 9.97. The third-order valence-corrected chi connectivity index (χ3v) is 0.429. The van der Waals surface area contributed by atoms with Gasteiger partial charge in [-0.25, -0.2) is 4.79 Å². The van der Waals surface area contributed by atoms with E-state index in [-0.39, 0.29) is 6.61 Å². The standard InChI is InChI=1S/C4H8O3.C2H6O/c1-3-7-4(5)6-2;1-2-3/h3H2,1-2H3;3H,2H2,1H3. The van der Waals surface area contributed by atoms with Crippen LogP contribution in [-0.4, -0.2) is 31.6 Å². The molecule has 0 atom stereocenters. The second-order valence-corrected chi connectivity index (χ2v) is 1.20. The van der Waals surface area contributed by atoms with Crippen molar-refractivity contribution in [2.45, 2.75) is 13.8 Å². The first-order chi connectivity index (χ1) is 4.72. The lowest BCUT2D eigenvalue weighted by Crippen LogP contribution is -2.02. The number of rotatable bonds is 1. The third-order valence-electron chi connectivity index (χ3n) is 0.429. The van der Waals surface area contributed by atoms with Crippen molar-refractivity contribution >= 4 is 6.16 Å². The average molecular weight is 150 g/mol. The van der Waals surface area contributed by atoms with E-state index in [4.69, 9.17) is 5.11 Å². The first-order valence-corrected chi connectivity index (χ1v) is 3.04. The topological polar surface area (TPSA) is 55.8 Å². The maximum atomic E-state index is 9.97. The molecule has 0 aromatic rings. The van der Waals surface area contributed by atoms with Crippen LogP contribution >= 0.6 is 0 Å². The van der Waals surface area contributed by atoms with E-state index in [0.29, 0.717) is 6.61 Å². The molecule has 0 rings (SSSR count). The van der Waals surface area contributed by atoms with Gasteiger partial charge in [0.2, 0.25) is 0 Å². The van der Waals surface area contributed by atoms with Crippen molar-refractivity contribution in [3.8, 4) is 0 Å². The van der Waals surface area contributed by atoms with E-state index in [9.17, 15) is 4.79 Å². The lowest BCUT2D eigenvalue weighted by molar-refractivity contribution is 0.0771. The summed E-state index contributed by atoms with van der Waals surface area (Å²) < 4.78 is 8.46. The van der Waals surface area contributed by atoms with Crippen LogP contribution in [0, 0.1) is 0 Å². The van der Waals surface area contributed by atoms with Crippen molar-refractivity contribution in [1.29, 1.82) is 0 Å². The summed E-state index contributed by atoms with van der Waals surface area (Å²) in [6.45, 7) is 4.02. The SMILES string of the molecule is CCO.CCOC(=O)OC. The minimum Gasteiger partial charge on any atom is -0.438 e. The fourth-order valence-electron chi connectivity index (χ4n) is 0.177. The summed E-state index contributed by atoms with van der Waals surface area (Å²) in [6, 6.07) is 0. The lowest BCUT2D eigenvalue weighted by atomic mass is 10.9. The highest BCUT2D eigenvalue weighted by Gasteiger charge is 1.92. The molecule has 0 radical (unpaired) electrons. The Bertz CT molecular complexity index is 72.1. The molecule has 0 amide bonds. The van der Waals surface area contributed by atoms with Gasteiger partial charge >= 0.3 is 6.16 Å². The zero-order chi connectivity index (χ0) is 8.41. The average Bonchev–Trinajstić information content (AvgIpc) is 1.90. The minimum absolute atomic E-state index is 0.250. The summed E-state index contributed by atoms with van der Waals surface area (Å²) in [4.78, 5) is 9.97. The number of ether oxygens (including phenoxy) is 2. The predicted octanol–water partition coefficient (Wildman–Crippen LogP) is 0.788. The molecule has 0 saturated carbocycles. The van der Waals surface area contributed by atoms with Crippen LogP contribution in [0.2, 0.25) is 0 Å². The molecule has 0 spiro atoms. The fraction of sp³-hybridized carbons (Fsp3) is 0.833. The van der Waals surface area contributed by atoms with E-state index >= 15 is 0 Å². The summed E-state index contributed by atoms with van der Waals surface area (Å²) >= 11 is 0. The molecule has 0 aliphatic heterocycles. The second kappa shape index (κ2) is 11.1. The van der Waals surface area contributed by atoms with E-state index in [0.717, 1.165) is 0 Å². The molecule has 1 N–H and O–H groups in total. The molecule has 4 heteroatoms. The predicted molar refractivity (Wildman–Crippen MR) is 36.8 cm³/mol. The molecule has 0 unspecified atom stereocenters. The minimum atomic E-state index is -0.623. The van der Waals surface area contributed by atoms with Crippen LogP contribution in [0.3, 0.4) is 0 Å². The molecule has 0 aliphatic rings. The van der Waals surface area contributed by atoms with Crippen molar-refractivity contribution in [3.63, 3.8) is 0 Å². The summed E-state index contributed by atoms with van der Waals surface area (Å²) in [6.07, 6.45) is -0.623. The number of hydrogen-bond acceptors (Lipinski definition) is 4. The number of aliphatic hydroxyl groups excluding tert-OH is 1. The van der Waals surface area contributed by atoms with Crippen molar-refractivity contribution < 1.29 is 19.4 Å². The Kier molecular flexibility index (Phi) is 13.3. The quantitative estimate of drug-likeness (QED) is 0.561. The van der Waals surface area contributed by atoms with Gasteiger partial charge in [0.15, 0.2) is 0 Å². The van der Waals surface area contributed by atoms with Crippen LogP contribution in [-0.2, 0) is 9.47 Å². The van der Waals surface area contributed by atoms with Gasteiger partial charge in [-0.05, 0) is 13.8 Å². The summed E-state index contributed by atoms with van der Waals surface area (Å²) in [7, 11) is 1.28. The van der Waals surface area contributed by atoms with Crippen LogP contribution in [0.4, 0.5) is 4.79 Å². The van der Waals surface area contributed by atoms with Crippen molar-refractivity contribution in [2.75, 3.05) is 20.3 Å². The molecule has 0 saturated heterocycles. The van der Waals surface area contributed by atoms with Gasteiger partial charge in [-0.15, -0.1) is 0 Å². The zero-order valence-electron chi connectivity index (χ0n) is 6.59. The lowest BCUT2D eigenvalue weighted by Gasteiger charge is -1.94. The smallest absolute Gasteiger partial charge is 0.438 e. The van der Waals surface area contributed by atoms with Crippen molar-refractivity contribution in [3.05, 3.63) is 0 Å². The number of carbonyl (C=O) groups is 1. The highest BCUT2D eigenvalue weighted by molar-refractivity contribution is 5.59. The molecule has 0 aromatic heterocycles. The van der Waals surface area contributed by atoms with Crippen LogP contribution in [0.1, 0.15) is 13.8 Å². The highest BCUT2D eigenvalue weighted by Crippen LogP contribution is 1.77. The Balaban J connectivity index is 0. The summed E-state index contributed by atoms with van der Waals surface area (Å²) in [5.74, 6) is 0. The molecule has 10 heavy (non-hydrogen) atoms. The third kappa shape index (κ3) is 15.7. The molecular weight excluding hydrogens is 136 g/mol. The summed E-state index contributed by atoms with van der Waals surface area (Å²) in [5.41, 5.74) is 0. The van der Waals surface area contributed by atoms with E-state index in [1.807, 2.05) is 0 Å². The number of aliphatic hydroxyl groups is 1. The van der Waals surface area contributed by atoms with Crippen LogP contribution in [0.15, 0.2) is 0 Å². The largest absolute Gasteiger partial charge is 0.507 e. The van der Waals surface area contributed by atoms with E-state index in [2.05, 4.69) is 9.47 Å². The first-order valence-electron chi connectivity index (χ1n) is 3.04. The molecular formula is C6H14O4. The number of methoxy groups -OCH3 is 1. The van der Waals surface area contributed by atoms with Gasteiger partial charge in [-0.2, -0.15) is 0 Å². The van der Waals surface area contributed by atoms with E-state index in [1.54, 1.807) is 13.8 Å². The van der Waals surface area contributed by atoms with Crippen molar-refractivity contribution in [1.82, 2.24) is 0 Å². The van der Waals surface area contributed by atoms with Gasteiger partial charge in [0.25, 0.3) is 0 Å². The molecule has 0 bridgehead atoms. The first kappa shape index (κ1) is 12.0. The molecule has 0 aliphatic carbocycles. The van der Waals surface area contributed by atoms with Crippen LogP contribution < -0.4 is 0 Å². The zero-order valence-corrected chi connectivity index (χ0v) is 6.59. The van der Waals surface area contributed by atoms with Gasteiger partial charge in [0.1, 0.15) is 0 Å². The Morgan fingerprint density at radius 1 is 1.50 bits per heavy atom. The van der Waals surface area contributed by atoms with Gasteiger partial charge in [0.05, 0.1) is 13.7 Å². The molecule has 4 nitrogen and oxygen atoms in total. The molecule has 0 heterocycles. The van der Waals surface area contributed by atoms with Gasteiger partial charge < -0.3 is 14.6 Å². The Morgan fingerprint density at radius 3 is 2.00 bits per heavy atom.